The minimum atomic E-state index is -0.307. The van der Waals surface area contributed by atoms with Crippen LogP contribution in [0.4, 0.5) is 0 Å². The molecule has 5 heteroatoms. The quantitative estimate of drug-likeness (QED) is 0.769. The van der Waals surface area contributed by atoms with Gasteiger partial charge in [-0.3, -0.25) is 4.79 Å². The molecule has 0 bridgehead atoms. The highest BCUT2D eigenvalue weighted by Gasteiger charge is 2.27. The molecule has 19 heavy (non-hydrogen) atoms. The van der Waals surface area contributed by atoms with Crippen LogP contribution in [0.2, 0.25) is 0 Å². The average Bonchev–Trinajstić information content (AvgIpc) is 2.39. The largest absolute Gasteiger partial charge is 0.507 e. The fourth-order valence-electron chi connectivity index (χ4n) is 2.52. The van der Waals surface area contributed by atoms with Crippen molar-refractivity contribution in [2.75, 3.05) is 19.6 Å². The third-order valence-corrected chi connectivity index (χ3v) is 3.44. The number of hydrogen-bond donors (Lipinski definition) is 3. The molecule has 0 saturated carbocycles. The maximum Gasteiger partial charge on any atom is 0.261 e. The van der Waals surface area contributed by atoms with Crippen LogP contribution in [0, 0.1) is 0 Å². The van der Waals surface area contributed by atoms with Gasteiger partial charge in [0.25, 0.3) is 5.91 Å². The predicted octanol–water partition coefficient (Wildman–Crippen LogP) is 1.31. The molecule has 0 spiro atoms. The molecule has 1 unspecified atom stereocenters. The molecule has 1 atom stereocenters. The van der Waals surface area contributed by atoms with Gasteiger partial charge in [0, 0.05) is 19.1 Å². The number of likely N-dealkylation sites (N-methyl/N-ethyl adjacent to an activating group) is 1. The van der Waals surface area contributed by atoms with E-state index in [1.165, 1.54) is 18.2 Å². The minimum absolute atomic E-state index is 0.000325. The van der Waals surface area contributed by atoms with Crippen LogP contribution in [0.25, 0.3) is 0 Å². The van der Waals surface area contributed by atoms with Gasteiger partial charge in [-0.15, -0.1) is 0 Å². The van der Waals surface area contributed by atoms with E-state index in [4.69, 9.17) is 0 Å². The van der Waals surface area contributed by atoms with Gasteiger partial charge in [0.1, 0.15) is 17.1 Å². The molecule has 1 amide bonds. The Balaban J connectivity index is 2.15. The molecule has 0 radical (unpaired) electrons. The summed E-state index contributed by atoms with van der Waals surface area (Å²) in [4.78, 5) is 14.1. The number of rotatable bonds is 3. The average molecular weight is 264 g/mol. The molecular weight excluding hydrogens is 244 g/mol. The molecule has 1 heterocycles. The summed E-state index contributed by atoms with van der Waals surface area (Å²) >= 11 is 0. The number of nitrogens with one attached hydrogen (secondary N) is 1. The molecule has 1 fully saturated rings. The number of phenols is 2. The van der Waals surface area contributed by atoms with Crippen molar-refractivity contribution < 1.29 is 15.0 Å². The zero-order valence-electron chi connectivity index (χ0n) is 11.1. The summed E-state index contributed by atoms with van der Waals surface area (Å²) in [7, 11) is 0. The number of piperidine rings is 1. The first-order chi connectivity index (χ1) is 9.13. The fourth-order valence-corrected chi connectivity index (χ4v) is 2.52. The molecular formula is C14H20N2O3. The summed E-state index contributed by atoms with van der Waals surface area (Å²) in [6.45, 7) is 4.18. The van der Waals surface area contributed by atoms with E-state index in [-0.39, 0.29) is 29.0 Å². The lowest BCUT2D eigenvalue weighted by atomic mass is 10.0. The minimum Gasteiger partial charge on any atom is -0.507 e. The molecule has 104 valence electrons. The molecule has 0 aromatic heterocycles. The van der Waals surface area contributed by atoms with E-state index in [9.17, 15) is 15.0 Å². The van der Waals surface area contributed by atoms with Crippen LogP contribution < -0.4 is 5.32 Å². The standard InChI is InChI=1S/C14H20N2O3/c1-2-15-10-5-4-8-16(9-10)14(19)13-11(17)6-3-7-12(13)18/h3,6-7,10,15,17-18H,2,4-5,8-9H2,1H3. The number of carbonyl (C=O) groups is 1. The Morgan fingerprint density at radius 1 is 1.42 bits per heavy atom. The lowest BCUT2D eigenvalue weighted by Gasteiger charge is -2.33. The van der Waals surface area contributed by atoms with Crippen LogP contribution >= 0.6 is 0 Å². The summed E-state index contributed by atoms with van der Waals surface area (Å²) in [6.07, 6.45) is 1.97. The van der Waals surface area contributed by atoms with Gasteiger partial charge >= 0.3 is 0 Å². The van der Waals surface area contributed by atoms with Crippen molar-refractivity contribution in [1.82, 2.24) is 10.2 Å². The first-order valence-corrected chi connectivity index (χ1v) is 6.67. The zero-order valence-corrected chi connectivity index (χ0v) is 11.1. The Hall–Kier alpha value is -1.75. The lowest BCUT2D eigenvalue weighted by Crippen LogP contribution is -2.47. The van der Waals surface area contributed by atoms with Crippen LogP contribution in [-0.4, -0.2) is 46.7 Å². The SMILES string of the molecule is CCNC1CCCN(C(=O)c2c(O)cccc2O)C1. The molecule has 3 N–H and O–H groups in total. The van der Waals surface area contributed by atoms with Gasteiger partial charge in [0.2, 0.25) is 0 Å². The Bertz CT molecular complexity index is 440. The summed E-state index contributed by atoms with van der Waals surface area (Å²) < 4.78 is 0. The Kier molecular flexibility index (Phi) is 4.27. The second kappa shape index (κ2) is 5.93. The topological polar surface area (TPSA) is 72.8 Å². The smallest absolute Gasteiger partial charge is 0.261 e. The lowest BCUT2D eigenvalue weighted by molar-refractivity contribution is 0.0689. The van der Waals surface area contributed by atoms with Gasteiger partial charge in [-0.1, -0.05) is 13.0 Å². The molecule has 5 nitrogen and oxygen atoms in total. The Morgan fingerprint density at radius 2 is 2.11 bits per heavy atom. The highest BCUT2D eigenvalue weighted by molar-refractivity contribution is 5.99. The predicted molar refractivity (Wildman–Crippen MR) is 72.4 cm³/mol. The Labute approximate surface area is 112 Å². The second-order valence-corrected chi connectivity index (χ2v) is 4.82. The molecule has 1 saturated heterocycles. The maximum atomic E-state index is 12.4. The number of likely N-dealkylation sites (tertiary alicyclic amines) is 1. The summed E-state index contributed by atoms with van der Waals surface area (Å²) in [5.74, 6) is -0.649. The van der Waals surface area contributed by atoms with Crippen molar-refractivity contribution in [3.8, 4) is 11.5 Å². The van der Waals surface area contributed by atoms with Gasteiger partial charge in [-0.2, -0.15) is 0 Å². The highest BCUT2D eigenvalue weighted by Crippen LogP contribution is 2.28. The Morgan fingerprint density at radius 3 is 2.74 bits per heavy atom. The van der Waals surface area contributed by atoms with Crippen molar-refractivity contribution in [2.24, 2.45) is 0 Å². The van der Waals surface area contributed by atoms with E-state index < -0.39 is 0 Å². The zero-order chi connectivity index (χ0) is 13.8. The molecule has 2 rings (SSSR count). The molecule has 0 aliphatic carbocycles. The molecule has 1 aliphatic rings. The van der Waals surface area contributed by atoms with Crippen molar-refractivity contribution in [3.05, 3.63) is 23.8 Å². The highest BCUT2D eigenvalue weighted by atomic mass is 16.3. The number of carbonyl (C=O) groups excluding carboxylic acids is 1. The van der Waals surface area contributed by atoms with Crippen LogP contribution in [0.1, 0.15) is 30.1 Å². The van der Waals surface area contributed by atoms with Gasteiger partial charge in [-0.25, -0.2) is 0 Å². The number of amides is 1. The van der Waals surface area contributed by atoms with Crippen LogP contribution in [0.15, 0.2) is 18.2 Å². The normalized spacial score (nSPS) is 19.4. The summed E-state index contributed by atoms with van der Waals surface area (Å²) in [5.41, 5.74) is -0.000325. The molecule has 1 aliphatic heterocycles. The number of benzene rings is 1. The van der Waals surface area contributed by atoms with E-state index in [0.717, 1.165) is 19.4 Å². The first kappa shape index (κ1) is 13.7. The number of phenolic OH excluding ortho intramolecular Hbond substituents is 2. The fraction of sp³-hybridized carbons (Fsp3) is 0.500. The third kappa shape index (κ3) is 2.98. The van der Waals surface area contributed by atoms with E-state index in [0.29, 0.717) is 13.1 Å². The van der Waals surface area contributed by atoms with Gasteiger partial charge in [-0.05, 0) is 31.5 Å². The molecule has 1 aromatic carbocycles. The monoisotopic (exact) mass is 264 g/mol. The second-order valence-electron chi connectivity index (χ2n) is 4.82. The number of aromatic hydroxyl groups is 2. The maximum absolute atomic E-state index is 12.4. The van der Waals surface area contributed by atoms with E-state index >= 15 is 0 Å². The van der Waals surface area contributed by atoms with Crippen molar-refractivity contribution in [2.45, 2.75) is 25.8 Å². The van der Waals surface area contributed by atoms with E-state index in [2.05, 4.69) is 5.32 Å². The summed E-state index contributed by atoms with van der Waals surface area (Å²) in [6, 6.07) is 4.63. The van der Waals surface area contributed by atoms with Crippen molar-refractivity contribution in [1.29, 1.82) is 0 Å². The number of nitrogens with zero attached hydrogens (tertiary/aromatic N) is 1. The molecule has 1 aromatic rings. The van der Waals surface area contributed by atoms with E-state index in [1.54, 1.807) is 4.90 Å². The van der Waals surface area contributed by atoms with Gasteiger partial charge < -0.3 is 20.4 Å². The van der Waals surface area contributed by atoms with Gasteiger partial charge in [0.15, 0.2) is 0 Å². The third-order valence-electron chi connectivity index (χ3n) is 3.44. The van der Waals surface area contributed by atoms with Crippen LogP contribution in [-0.2, 0) is 0 Å². The first-order valence-electron chi connectivity index (χ1n) is 6.67. The summed E-state index contributed by atoms with van der Waals surface area (Å²) in [5, 5.41) is 22.8. The number of hydrogen-bond acceptors (Lipinski definition) is 4. The van der Waals surface area contributed by atoms with Crippen molar-refractivity contribution >= 4 is 5.91 Å². The van der Waals surface area contributed by atoms with Crippen LogP contribution in [0.5, 0.6) is 11.5 Å². The van der Waals surface area contributed by atoms with E-state index in [1.807, 2.05) is 6.92 Å². The van der Waals surface area contributed by atoms with Gasteiger partial charge in [0.05, 0.1) is 0 Å². The van der Waals surface area contributed by atoms with Crippen LogP contribution in [0.3, 0.4) is 0 Å². The van der Waals surface area contributed by atoms with Crippen molar-refractivity contribution in [3.63, 3.8) is 0 Å².